The Morgan fingerprint density at radius 2 is 2.26 bits per heavy atom. The second-order valence-corrected chi connectivity index (χ2v) is 4.23. The molecule has 1 atom stereocenters. The van der Waals surface area contributed by atoms with Crippen LogP contribution in [0.3, 0.4) is 0 Å². The van der Waals surface area contributed by atoms with Crippen LogP contribution in [0.25, 0.3) is 5.95 Å². The fourth-order valence-corrected chi connectivity index (χ4v) is 1.63. The lowest BCUT2D eigenvalue weighted by Crippen LogP contribution is -2.21. The Balaban J connectivity index is 2.09. The van der Waals surface area contributed by atoms with Crippen molar-refractivity contribution in [3.8, 4) is 5.95 Å². The van der Waals surface area contributed by atoms with Gasteiger partial charge >= 0.3 is 0 Å². The molecule has 0 saturated carbocycles. The number of nitrogens with zero attached hydrogens (tertiary/aromatic N) is 6. The van der Waals surface area contributed by atoms with Gasteiger partial charge in [-0.05, 0) is 18.0 Å². The normalized spacial score (nSPS) is 12.4. The topological polar surface area (TPSA) is 102 Å². The van der Waals surface area contributed by atoms with Crippen molar-refractivity contribution in [2.24, 2.45) is 0 Å². The molecule has 2 aromatic rings. The number of rotatable bonds is 6. The molecule has 0 bridgehead atoms. The first-order chi connectivity index (χ1) is 9.19. The van der Waals surface area contributed by atoms with Crippen LogP contribution in [0.4, 0.5) is 5.95 Å². The smallest absolute Gasteiger partial charge is 0.258 e. The highest BCUT2D eigenvalue weighted by molar-refractivity contribution is 6.28. The van der Waals surface area contributed by atoms with E-state index in [-0.39, 0.29) is 11.2 Å². The molecule has 0 aromatic carbocycles. The van der Waals surface area contributed by atoms with E-state index >= 15 is 0 Å². The Bertz CT molecular complexity index is 519. The van der Waals surface area contributed by atoms with Gasteiger partial charge in [0.25, 0.3) is 5.95 Å². The molecule has 0 saturated heterocycles. The van der Waals surface area contributed by atoms with Crippen molar-refractivity contribution in [2.45, 2.75) is 25.9 Å². The first-order valence-electron chi connectivity index (χ1n) is 5.87. The third-order valence-corrected chi connectivity index (χ3v) is 2.51. The van der Waals surface area contributed by atoms with Crippen molar-refractivity contribution in [3.05, 3.63) is 17.9 Å². The highest BCUT2D eigenvalue weighted by Crippen LogP contribution is 2.09. The van der Waals surface area contributed by atoms with Crippen LogP contribution in [-0.4, -0.2) is 47.5 Å². The first kappa shape index (κ1) is 13.6. The maximum atomic E-state index is 9.64. The molecule has 0 radical (unpaired) electrons. The standard InChI is InChI=1S/C10H14ClN7O/c1-2-3-7(19)4-13-9-15-8(11)16-10(17-9)18-6-12-5-14-18/h5-7,19H,2-4H2,1H3,(H,13,15,16,17). The van der Waals surface area contributed by atoms with Gasteiger partial charge in [-0.25, -0.2) is 4.98 Å². The Morgan fingerprint density at radius 3 is 2.95 bits per heavy atom. The summed E-state index contributed by atoms with van der Waals surface area (Å²) in [6.07, 6.45) is 4.00. The molecule has 2 aromatic heterocycles. The Labute approximate surface area is 114 Å². The number of aliphatic hydroxyl groups excluding tert-OH is 1. The van der Waals surface area contributed by atoms with Crippen LogP contribution in [0.15, 0.2) is 12.7 Å². The summed E-state index contributed by atoms with van der Waals surface area (Å²) in [5.74, 6) is 0.561. The summed E-state index contributed by atoms with van der Waals surface area (Å²) in [5, 5.41) is 16.5. The third-order valence-electron chi connectivity index (χ3n) is 2.34. The summed E-state index contributed by atoms with van der Waals surface area (Å²) in [4.78, 5) is 15.8. The summed E-state index contributed by atoms with van der Waals surface area (Å²) in [6.45, 7) is 2.36. The van der Waals surface area contributed by atoms with Crippen molar-refractivity contribution < 1.29 is 5.11 Å². The number of nitrogens with one attached hydrogen (secondary N) is 1. The number of hydrogen-bond acceptors (Lipinski definition) is 7. The molecule has 0 spiro atoms. The molecule has 0 aliphatic heterocycles. The predicted molar refractivity (Wildman–Crippen MR) is 69.2 cm³/mol. The summed E-state index contributed by atoms with van der Waals surface area (Å²) in [5.41, 5.74) is 0. The van der Waals surface area contributed by atoms with Crippen molar-refractivity contribution >= 4 is 17.5 Å². The van der Waals surface area contributed by atoms with Crippen molar-refractivity contribution in [1.82, 2.24) is 29.7 Å². The van der Waals surface area contributed by atoms with Gasteiger partial charge in [0.05, 0.1) is 6.10 Å². The first-order valence-corrected chi connectivity index (χ1v) is 6.25. The van der Waals surface area contributed by atoms with Crippen molar-refractivity contribution in [2.75, 3.05) is 11.9 Å². The van der Waals surface area contributed by atoms with Crippen LogP contribution in [0.1, 0.15) is 19.8 Å². The van der Waals surface area contributed by atoms with Crippen LogP contribution >= 0.6 is 11.6 Å². The molecule has 19 heavy (non-hydrogen) atoms. The van der Waals surface area contributed by atoms with Gasteiger partial charge in [0.2, 0.25) is 11.2 Å². The van der Waals surface area contributed by atoms with E-state index in [0.29, 0.717) is 18.9 Å². The molecular formula is C10H14ClN7O. The van der Waals surface area contributed by atoms with Crippen molar-refractivity contribution in [3.63, 3.8) is 0 Å². The molecule has 2 rings (SSSR count). The minimum absolute atomic E-state index is 0.0491. The number of anilines is 1. The lowest BCUT2D eigenvalue weighted by atomic mass is 10.2. The SMILES string of the molecule is CCCC(O)CNc1nc(Cl)nc(-n2cncn2)n1. The number of hydrogen-bond donors (Lipinski definition) is 2. The van der Waals surface area contributed by atoms with Gasteiger partial charge < -0.3 is 10.4 Å². The predicted octanol–water partition coefficient (Wildman–Crippen LogP) is 0.679. The quantitative estimate of drug-likeness (QED) is 0.803. The second-order valence-electron chi connectivity index (χ2n) is 3.89. The maximum absolute atomic E-state index is 9.64. The molecule has 0 amide bonds. The number of aliphatic hydroxyl groups is 1. The summed E-state index contributed by atoms with van der Waals surface area (Å²) >= 11 is 5.82. The summed E-state index contributed by atoms with van der Waals surface area (Å²) in [7, 11) is 0. The molecule has 2 heterocycles. The molecule has 0 fully saturated rings. The fourth-order valence-electron chi connectivity index (χ4n) is 1.48. The van der Waals surface area contributed by atoms with Gasteiger partial charge in [-0.3, -0.25) is 0 Å². The van der Waals surface area contributed by atoms with E-state index in [1.165, 1.54) is 17.3 Å². The average molecular weight is 284 g/mol. The van der Waals surface area contributed by atoms with Crippen LogP contribution in [0.5, 0.6) is 0 Å². The molecule has 0 aliphatic rings. The van der Waals surface area contributed by atoms with E-state index in [1.807, 2.05) is 6.92 Å². The maximum Gasteiger partial charge on any atom is 0.258 e. The van der Waals surface area contributed by atoms with Crippen LogP contribution in [-0.2, 0) is 0 Å². The molecule has 8 nitrogen and oxygen atoms in total. The highest BCUT2D eigenvalue weighted by atomic mass is 35.5. The summed E-state index contributed by atoms with van der Waals surface area (Å²) < 4.78 is 1.38. The van der Waals surface area contributed by atoms with E-state index < -0.39 is 6.10 Å². The van der Waals surface area contributed by atoms with E-state index in [4.69, 9.17) is 11.6 Å². The van der Waals surface area contributed by atoms with Gasteiger partial charge in [-0.1, -0.05) is 13.3 Å². The third kappa shape index (κ3) is 3.83. The molecular weight excluding hydrogens is 270 g/mol. The minimum Gasteiger partial charge on any atom is -0.391 e. The summed E-state index contributed by atoms with van der Waals surface area (Å²) in [6, 6.07) is 0. The Morgan fingerprint density at radius 1 is 1.42 bits per heavy atom. The van der Waals surface area contributed by atoms with Crippen molar-refractivity contribution in [1.29, 1.82) is 0 Å². The van der Waals surface area contributed by atoms with E-state index in [9.17, 15) is 5.11 Å². The molecule has 0 aliphatic carbocycles. The van der Waals surface area contributed by atoms with E-state index in [0.717, 1.165) is 6.42 Å². The zero-order valence-corrected chi connectivity index (χ0v) is 11.1. The number of halogens is 1. The lowest BCUT2D eigenvalue weighted by molar-refractivity contribution is 0.176. The molecule has 102 valence electrons. The monoisotopic (exact) mass is 283 g/mol. The van der Waals surface area contributed by atoms with Gasteiger partial charge in [-0.2, -0.15) is 24.7 Å². The molecule has 2 N–H and O–H groups in total. The second kappa shape index (κ2) is 6.39. The zero-order chi connectivity index (χ0) is 13.7. The van der Waals surface area contributed by atoms with Gasteiger partial charge in [-0.15, -0.1) is 0 Å². The zero-order valence-electron chi connectivity index (χ0n) is 10.4. The largest absolute Gasteiger partial charge is 0.391 e. The van der Waals surface area contributed by atoms with Gasteiger partial charge in [0.15, 0.2) is 0 Å². The fraction of sp³-hybridized carbons (Fsp3) is 0.500. The minimum atomic E-state index is -0.449. The van der Waals surface area contributed by atoms with Gasteiger partial charge in [0.1, 0.15) is 12.7 Å². The van der Waals surface area contributed by atoms with E-state index in [2.05, 4.69) is 30.4 Å². The molecule has 9 heteroatoms. The van der Waals surface area contributed by atoms with Crippen LogP contribution < -0.4 is 5.32 Å². The average Bonchev–Trinajstić information content (AvgIpc) is 2.90. The van der Waals surface area contributed by atoms with Crippen LogP contribution in [0, 0.1) is 0 Å². The van der Waals surface area contributed by atoms with E-state index in [1.54, 1.807) is 0 Å². The van der Waals surface area contributed by atoms with Crippen LogP contribution in [0.2, 0.25) is 5.28 Å². The Hall–Kier alpha value is -1.80. The number of aromatic nitrogens is 6. The lowest BCUT2D eigenvalue weighted by Gasteiger charge is -2.10. The Kier molecular flexibility index (Phi) is 4.58. The highest BCUT2D eigenvalue weighted by Gasteiger charge is 2.09. The molecule has 1 unspecified atom stereocenters. The van der Waals surface area contributed by atoms with Gasteiger partial charge in [0, 0.05) is 6.54 Å².